The molecule has 1 rings (SSSR count). The Morgan fingerprint density at radius 2 is 2.15 bits per heavy atom. The van der Waals surface area contributed by atoms with Gasteiger partial charge in [-0.15, -0.1) is 0 Å². The van der Waals surface area contributed by atoms with Gasteiger partial charge in [-0.2, -0.15) is 4.31 Å². The Bertz CT molecular complexity index is 564. The Balaban J connectivity index is 3.08. The van der Waals surface area contributed by atoms with Crippen LogP contribution in [0.25, 0.3) is 0 Å². The van der Waals surface area contributed by atoms with Gasteiger partial charge in [0, 0.05) is 12.7 Å². The third kappa shape index (κ3) is 4.13. The molecule has 6 nitrogen and oxygen atoms in total. The van der Waals surface area contributed by atoms with Crippen molar-refractivity contribution in [3.63, 3.8) is 0 Å². The first-order chi connectivity index (χ1) is 9.28. The maximum Gasteiger partial charge on any atom is 0.252 e. The molecule has 0 atom stereocenters. The van der Waals surface area contributed by atoms with Crippen LogP contribution in [-0.2, 0) is 10.0 Å². The normalized spacial score (nSPS) is 12.1. The third-order valence-electron chi connectivity index (χ3n) is 2.32. The molecule has 0 aliphatic heterocycles. The molecular formula is C10H13F2N3O3S2. The van der Waals surface area contributed by atoms with Crippen molar-refractivity contribution >= 4 is 27.2 Å². The predicted molar refractivity (Wildman–Crippen MR) is 72.0 cm³/mol. The Labute approximate surface area is 120 Å². The van der Waals surface area contributed by atoms with Crippen molar-refractivity contribution in [1.82, 2.24) is 9.29 Å². The smallest absolute Gasteiger partial charge is 0.252 e. The molecule has 1 heterocycles. The molecule has 0 aliphatic rings. The van der Waals surface area contributed by atoms with Crippen molar-refractivity contribution in [3.05, 3.63) is 24.0 Å². The molecule has 0 amide bonds. The topological polar surface area (TPSA) is 96.5 Å². The highest BCUT2D eigenvalue weighted by atomic mass is 32.2. The van der Waals surface area contributed by atoms with E-state index >= 15 is 0 Å². The summed E-state index contributed by atoms with van der Waals surface area (Å²) in [5.74, 6) is 0. The number of hydrogen-bond acceptors (Lipinski definition) is 5. The van der Waals surface area contributed by atoms with Crippen LogP contribution in [0.1, 0.15) is 5.69 Å². The van der Waals surface area contributed by atoms with Crippen LogP contribution in [0, 0.1) is 0 Å². The maximum atomic E-state index is 12.4. The number of thiocarbonyl (C=S) groups is 1. The number of rotatable bonds is 7. The quantitative estimate of drug-likeness (QED) is 0.683. The van der Waals surface area contributed by atoms with E-state index in [1.54, 1.807) is 0 Å². The average molecular weight is 325 g/mol. The molecule has 0 aromatic carbocycles. The van der Waals surface area contributed by atoms with Crippen LogP contribution in [-0.4, -0.2) is 53.9 Å². The van der Waals surface area contributed by atoms with E-state index in [0.29, 0.717) is 4.31 Å². The Morgan fingerprint density at radius 1 is 1.50 bits per heavy atom. The number of aromatic nitrogens is 1. The standard InChI is InChI=1S/C10H13F2N3O3S2/c11-9(12)6-15(3-4-16)20(17,18)7-1-2-8(10(13)19)14-5-7/h1-2,5,9,16H,3-4,6H2,(H2,13,19). The van der Waals surface area contributed by atoms with Gasteiger partial charge in [0.25, 0.3) is 6.43 Å². The van der Waals surface area contributed by atoms with Crippen LogP contribution < -0.4 is 5.73 Å². The minimum atomic E-state index is -4.15. The first-order valence-corrected chi connectivity index (χ1v) is 7.29. The summed E-state index contributed by atoms with van der Waals surface area (Å²) >= 11 is 4.67. The molecule has 1 aromatic rings. The third-order valence-corrected chi connectivity index (χ3v) is 4.38. The molecule has 20 heavy (non-hydrogen) atoms. The van der Waals surface area contributed by atoms with E-state index in [1.807, 2.05) is 0 Å². The van der Waals surface area contributed by atoms with Crippen LogP contribution in [0.3, 0.4) is 0 Å². The van der Waals surface area contributed by atoms with Crippen LogP contribution in [0.15, 0.2) is 23.2 Å². The molecule has 0 bridgehead atoms. The van der Waals surface area contributed by atoms with Crippen LogP contribution in [0.5, 0.6) is 0 Å². The Hall–Kier alpha value is -1.23. The first-order valence-electron chi connectivity index (χ1n) is 5.44. The second kappa shape index (κ2) is 6.97. The number of aliphatic hydroxyl groups excluding tert-OH is 1. The van der Waals surface area contributed by atoms with Crippen molar-refractivity contribution in [2.75, 3.05) is 19.7 Å². The van der Waals surface area contributed by atoms with Crippen molar-refractivity contribution in [2.24, 2.45) is 5.73 Å². The molecule has 112 valence electrons. The lowest BCUT2D eigenvalue weighted by Gasteiger charge is -2.20. The highest BCUT2D eigenvalue weighted by Gasteiger charge is 2.27. The number of hydrogen-bond donors (Lipinski definition) is 2. The second-order valence-electron chi connectivity index (χ2n) is 3.72. The number of aliphatic hydroxyl groups is 1. The summed E-state index contributed by atoms with van der Waals surface area (Å²) in [6.07, 6.45) is -1.86. The number of halogens is 2. The van der Waals surface area contributed by atoms with Crippen LogP contribution in [0.2, 0.25) is 0 Å². The fourth-order valence-corrected chi connectivity index (χ4v) is 2.88. The van der Waals surface area contributed by atoms with Gasteiger partial charge in [0.2, 0.25) is 10.0 Å². The molecule has 0 spiro atoms. The van der Waals surface area contributed by atoms with Gasteiger partial charge in [-0.25, -0.2) is 17.2 Å². The predicted octanol–water partition coefficient (Wildman–Crippen LogP) is -0.0361. The highest BCUT2D eigenvalue weighted by molar-refractivity contribution is 7.89. The van der Waals surface area contributed by atoms with Crippen molar-refractivity contribution in [3.8, 4) is 0 Å². The number of pyridine rings is 1. The summed E-state index contributed by atoms with van der Waals surface area (Å²) in [6, 6.07) is 2.46. The minimum Gasteiger partial charge on any atom is -0.395 e. The van der Waals surface area contributed by atoms with Crippen LogP contribution >= 0.6 is 12.2 Å². The minimum absolute atomic E-state index is 0.00579. The summed E-state index contributed by atoms with van der Waals surface area (Å²) in [5, 5.41) is 8.78. The lowest BCUT2D eigenvalue weighted by Crippen LogP contribution is -2.37. The molecule has 0 unspecified atom stereocenters. The van der Waals surface area contributed by atoms with Gasteiger partial charge in [-0.3, -0.25) is 4.98 Å². The summed E-state index contributed by atoms with van der Waals surface area (Å²) in [7, 11) is -4.15. The molecule has 1 aromatic heterocycles. The molecular weight excluding hydrogens is 312 g/mol. The fourth-order valence-electron chi connectivity index (χ4n) is 1.40. The van der Waals surface area contributed by atoms with E-state index < -0.39 is 36.1 Å². The van der Waals surface area contributed by atoms with Gasteiger partial charge in [0.15, 0.2) is 0 Å². The second-order valence-corrected chi connectivity index (χ2v) is 6.10. The zero-order valence-corrected chi connectivity index (χ0v) is 11.9. The van der Waals surface area contributed by atoms with E-state index in [-0.39, 0.29) is 15.6 Å². The van der Waals surface area contributed by atoms with E-state index in [4.69, 9.17) is 10.8 Å². The zero-order chi connectivity index (χ0) is 15.3. The largest absolute Gasteiger partial charge is 0.395 e. The summed E-state index contributed by atoms with van der Waals surface area (Å²) in [4.78, 5) is 3.47. The molecule has 0 saturated carbocycles. The maximum absolute atomic E-state index is 12.4. The number of nitrogens with zero attached hydrogens (tertiary/aromatic N) is 2. The van der Waals surface area contributed by atoms with Gasteiger partial charge < -0.3 is 10.8 Å². The van der Waals surface area contributed by atoms with Gasteiger partial charge in [-0.05, 0) is 12.1 Å². The first kappa shape index (κ1) is 16.8. The Morgan fingerprint density at radius 3 is 2.55 bits per heavy atom. The van der Waals surface area contributed by atoms with E-state index in [9.17, 15) is 17.2 Å². The van der Waals surface area contributed by atoms with E-state index in [2.05, 4.69) is 17.2 Å². The fraction of sp³-hybridized carbons (Fsp3) is 0.400. The lowest BCUT2D eigenvalue weighted by molar-refractivity contribution is 0.113. The molecule has 0 fully saturated rings. The monoisotopic (exact) mass is 325 g/mol. The van der Waals surface area contributed by atoms with Gasteiger partial charge in [0.1, 0.15) is 9.88 Å². The van der Waals surface area contributed by atoms with Crippen molar-refractivity contribution < 1.29 is 22.3 Å². The van der Waals surface area contributed by atoms with Crippen LogP contribution in [0.4, 0.5) is 8.78 Å². The van der Waals surface area contributed by atoms with Crippen molar-refractivity contribution in [2.45, 2.75) is 11.3 Å². The summed E-state index contributed by atoms with van der Waals surface area (Å²) in [6.45, 7) is -1.99. The number of nitrogens with two attached hydrogens (primary N) is 1. The average Bonchev–Trinajstić information content (AvgIpc) is 2.37. The zero-order valence-electron chi connectivity index (χ0n) is 10.2. The molecule has 0 radical (unpaired) electrons. The van der Waals surface area contributed by atoms with Gasteiger partial charge in [-0.1, -0.05) is 12.2 Å². The van der Waals surface area contributed by atoms with Gasteiger partial charge in [0.05, 0.1) is 18.8 Å². The van der Waals surface area contributed by atoms with Gasteiger partial charge >= 0.3 is 0 Å². The number of sulfonamides is 1. The summed E-state index contributed by atoms with van der Waals surface area (Å²) in [5.41, 5.74) is 5.55. The summed E-state index contributed by atoms with van der Waals surface area (Å²) < 4.78 is 49.5. The van der Waals surface area contributed by atoms with E-state index in [1.165, 1.54) is 12.1 Å². The lowest BCUT2D eigenvalue weighted by atomic mass is 10.3. The Kier molecular flexibility index (Phi) is 5.87. The van der Waals surface area contributed by atoms with Crippen molar-refractivity contribution in [1.29, 1.82) is 0 Å². The number of alkyl halides is 2. The molecule has 3 N–H and O–H groups in total. The SMILES string of the molecule is NC(=S)c1ccc(S(=O)(=O)N(CCO)CC(F)F)cn1. The van der Waals surface area contributed by atoms with E-state index in [0.717, 1.165) is 6.20 Å². The highest BCUT2D eigenvalue weighted by Crippen LogP contribution is 2.16. The molecule has 0 saturated heterocycles. The molecule has 10 heteroatoms. The molecule has 0 aliphatic carbocycles.